The van der Waals surface area contributed by atoms with Crippen LogP contribution in [0.5, 0.6) is 0 Å². The molecular weight excluding hydrogens is 278 g/mol. The molecule has 0 spiro atoms. The normalized spacial score (nSPS) is 16.8. The smallest absolute Gasteiger partial charge is 0.251 e. The number of piperidine rings is 1. The average molecular weight is 299 g/mol. The molecule has 1 aliphatic rings. The summed E-state index contributed by atoms with van der Waals surface area (Å²) in [5, 5.41) is 0. The van der Waals surface area contributed by atoms with Crippen LogP contribution in [0.3, 0.4) is 0 Å². The van der Waals surface area contributed by atoms with Crippen LogP contribution in [0.4, 0.5) is 0 Å². The first kappa shape index (κ1) is 14.9. The van der Waals surface area contributed by atoms with Crippen molar-refractivity contribution in [1.29, 1.82) is 0 Å². The van der Waals surface area contributed by atoms with Gasteiger partial charge in [0.1, 0.15) is 5.82 Å². The Morgan fingerprint density at radius 2 is 2.00 bits per heavy atom. The Morgan fingerprint density at radius 1 is 1.27 bits per heavy atom. The van der Waals surface area contributed by atoms with E-state index in [1.165, 1.54) is 0 Å². The van der Waals surface area contributed by atoms with Gasteiger partial charge >= 0.3 is 0 Å². The molecule has 22 heavy (non-hydrogen) atoms. The fraction of sp³-hybridized carbons (Fsp3) is 0.438. The first-order valence-corrected chi connectivity index (χ1v) is 7.67. The van der Waals surface area contributed by atoms with Gasteiger partial charge in [-0.3, -0.25) is 14.7 Å². The van der Waals surface area contributed by atoms with Crippen molar-refractivity contribution in [2.45, 2.75) is 19.4 Å². The lowest BCUT2D eigenvalue weighted by molar-refractivity contribution is 0.178. The van der Waals surface area contributed by atoms with Gasteiger partial charge in [0.2, 0.25) is 0 Å². The molecule has 0 aliphatic carbocycles. The Bertz CT molecular complexity index is 662. The maximum atomic E-state index is 11.9. The van der Waals surface area contributed by atoms with Crippen molar-refractivity contribution in [2.24, 2.45) is 11.7 Å². The predicted molar refractivity (Wildman–Crippen MR) is 85.1 cm³/mol. The summed E-state index contributed by atoms with van der Waals surface area (Å²) in [5.74, 6) is 1.23. The number of aromatic nitrogens is 3. The molecule has 0 amide bonds. The molecule has 1 aliphatic heterocycles. The minimum Gasteiger partial charge on any atom is -0.330 e. The van der Waals surface area contributed by atoms with Gasteiger partial charge in [0.05, 0.1) is 5.69 Å². The van der Waals surface area contributed by atoms with Gasteiger partial charge < -0.3 is 10.7 Å². The third-order valence-electron chi connectivity index (χ3n) is 4.17. The summed E-state index contributed by atoms with van der Waals surface area (Å²) in [6.45, 7) is 3.50. The lowest BCUT2D eigenvalue weighted by atomic mass is 9.97. The minimum atomic E-state index is -0.117. The number of H-pyrrole nitrogens is 1. The third kappa shape index (κ3) is 3.58. The van der Waals surface area contributed by atoms with E-state index in [2.05, 4.69) is 19.9 Å². The Labute approximate surface area is 129 Å². The first-order valence-electron chi connectivity index (χ1n) is 7.67. The second-order valence-electron chi connectivity index (χ2n) is 5.78. The SMILES string of the molecule is NCC1CCN(Cc2cc(=O)[nH]c(-c3ccncc3)n2)CC1. The highest BCUT2D eigenvalue weighted by Crippen LogP contribution is 2.18. The monoisotopic (exact) mass is 299 g/mol. The van der Waals surface area contributed by atoms with Crippen molar-refractivity contribution < 1.29 is 0 Å². The van der Waals surface area contributed by atoms with Gasteiger partial charge in [-0.25, -0.2) is 4.98 Å². The highest BCUT2D eigenvalue weighted by atomic mass is 16.1. The van der Waals surface area contributed by atoms with Gasteiger partial charge in [0.15, 0.2) is 0 Å². The van der Waals surface area contributed by atoms with Crippen molar-refractivity contribution in [3.05, 3.63) is 46.6 Å². The molecule has 3 rings (SSSR count). The minimum absolute atomic E-state index is 0.117. The molecule has 0 saturated carbocycles. The fourth-order valence-corrected chi connectivity index (χ4v) is 2.84. The van der Waals surface area contributed by atoms with E-state index in [9.17, 15) is 4.79 Å². The van der Waals surface area contributed by atoms with Crippen LogP contribution in [-0.2, 0) is 6.54 Å². The van der Waals surface area contributed by atoms with E-state index in [1.807, 2.05) is 12.1 Å². The van der Waals surface area contributed by atoms with Crippen LogP contribution in [-0.4, -0.2) is 39.5 Å². The molecule has 0 unspecified atom stereocenters. The van der Waals surface area contributed by atoms with Crippen LogP contribution in [0, 0.1) is 5.92 Å². The first-order chi connectivity index (χ1) is 10.7. The maximum absolute atomic E-state index is 11.9. The Hall–Kier alpha value is -2.05. The molecule has 2 aromatic heterocycles. The molecule has 6 nitrogen and oxygen atoms in total. The molecule has 0 bridgehead atoms. The largest absolute Gasteiger partial charge is 0.330 e. The highest BCUT2D eigenvalue weighted by Gasteiger charge is 2.18. The lowest BCUT2D eigenvalue weighted by Gasteiger charge is -2.30. The van der Waals surface area contributed by atoms with Crippen molar-refractivity contribution in [2.75, 3.05) is 19.6 Å². The standard InChI is InChI=1S/C16H21N5O/c17-10-12-3-7-21(8-4-12)11-14-9-15(22)20-16(19-14)13-1-5-18-6-2-13/h1-2,5-6,9,12H,3-4,7-8,10-11,17H2,(H,19,20,22). The molecule has 1 saturated heterocycles. The number of likely N-dealkylation sites (tertiary alicyclic amines) is 1. The van der Waals surface area contributed by atoms with E-state index in [0.717, 1.165) is 43.7 Å². The van der Waals surface area contributed by atoms with Crippen LogP contribution < -0.4 is 11.3 Å². The van der Waals surface area contributed by atoms with Gasteiger partial charge in [-0.1, -0.05) is 0 Å². The van der Waals surface area contributed by atoms with Crippen molar-refractivity contribution in [3.63, 3.8) is 0 Å². The van der Waals surface area contributed by atoms with Crippen LogP contribution >= 0.6 is 0 Å². The van der Waals surface area contributed by atoms with E-state index in [-0.39, 0.29) is 5.56 Å². The van der Waals surface area contributed by atoms with E-state index < -0.39 is 0 Å². The molecule has 3 heterocycles. The van der Waals surface area contributed by atoms with Crippen LogP contribution in [0.25, 0.3) is 11.4 Å². The molecule has 3 N–H and O–H groups in total. The molecule has 0 atom stereocenters. The quantitative estimate of drug-likeness (QED) is 0.879. The Morgan fingerprint density at radius 3 is 2.68 bits per heavy atom. The summed E-state index contributed by atoms with van der Waals surface area (Å²) in [6, 6.07) is 5.27. The third-order valence-corrected chi connectivity index (χ3v) is 4.17. The number of hydrogen-bond donors (Lipinski definition) is 2. The number of hydrogen-bond acceptors (Lipinski definition) is 5. The molecule has 6 heteroatoms. The van der Waals surface area contributed by atoms with Gasteiger partial charge in [-0.05, 0) is 50.5 Å². The Kier molecular flexibility index (Phi) is 4.60. The average Bonchev–Trinajstić information content (AvgIpc) is 2.56. The second kappa shape index (κ2) is 6.81. The van der Waals surface area contributed by atoms with E-state index in [1.54, 1.807) is 18.5 Å². The zero-order valence-electron chi connectivity index (χ0n) is 12.5. The van der Waals surface area contributed by atoms with Crippen molar-refractivity contribution >= 4 is 0 Å². The number of aromatic amines is 1. The van der Waals surface area contributed by atoms with E-state index >= 15 is 0 Å². The van der Waals surface area contributed by atoms with Gasteiger partial charge in [0.25, 0.3) is 5.56 Å². The summed E-state index contributed by atoms with van der Waals surface area (Å²) in [6.07, 6.45) is 5.63. The fourth-order valence-electron chi connectivity index (χ4n) is 2.84. The molecule has 1 fully saturated rings. The molecule has 116 valence electrons. The highest BCUT2D eigenvalue weighted by molar-refractivity contribution is 5.53. The second-order valence-corrected chi connectivity index (χ2v) is 5.78. The number of nitrogens with one attached hydrogen (secondary N) is 1. The number of rotatable bonds is 4. The summed E-state index contributed by atoms with van der Waals surface area (Å²) in [4.78, 5) is 25.6. The van der Waals surface area contributed by atoms with Crippen LogP contribution in [0.15, 0.2) is 35.4 Å². The lowest BCUT2D eigenvalue weighted by Crippen LogP contribution is -2.36. The molecule has 0 radical (unpaired) electrons. The number of pyridine rings is 1. The summed E-state index contributed by atoms with van der Waals surface area (Å²) in [5.41, 5.74) is 7.29. The topological polar surface area (TPSA) is 87.9 Å². The van der Waals surface area contributed by atoms with E-state index in [4.69, 9.17) is 5.73 Å². The zero-order valence-corrected chi connectivity index (χ0v) is 12.5. The van der Waals surface area contributed by atoms with Gasteiger partial charge in [-0.2, -0.15) is 0 Å². The van der Waals surface area contributed by atoms with Gasteiger partial charge in [-0.15, -0.1) is 0 Å². The van der Waals surface area contributed by atoms with Crippen molar-refractivity contribution in [3.8, 4) is 11.4 Å². The zero-order chi connectivity index (χ0) is 15.4. The molecular formula is C16H21N5O. The number of nitrogens with two attached hydrogens (primary N) is 1. The molecule has 2 aromatic rings. The summed E-state index contributed by atoms with van der Waals surface area (Å²) in [7, 11) is 0. The van der Waals surface area contributed by atoms with E-state index in [0.29, 0.717) is 18.3 Å². The maximum Gasteiger partial charge on any atom is 0.251 e. The van der Waals surface area contributed by atoms with Gasteiger partial charge in [0, 0.05) is 30.6 Å². The van der Waals surface area contributed by atoms with Crippen LogP contribution in [0.1, 0.15) is 18.5 Å². The Balaban J connectivity index is 1.75. The summed E-state index contributed by atoms with van der Waals surface area (Å²) < 4.78 is 0. The summed E-state index contributed by atoms with van der Waals surface area (Å²) >= 11 is 0. The van der Waals surface area contributed by atoms with Crippen molar-refractivity contribution in [1.82, 2.24) is 19.9 Å². The van der Waals surface area contributed by atoms with Crippen LogP contribution in [0.2, 0.25) is 0 Å². The predicted octanol–water partition coefficient (Wildman–Crippen LogP) is 1.00. The molecule has 0 aromatic carbocycles. The number of nitrogens with zero attached hydrogens (tertiary/aromatic N) is 3.